The smallest absolute Gasteiger partial charge is 0.0685 e. The molecule has 0 bridgehead atoms. The fraction of sp³-hybridized carbons (Fsp3) is 0.375. The number of aliphatic hydroxyl groups excluding tert-OH is 1. The average molecular weight is 169 g/mol. The van der Waals surface area contributed by atoms with E-state index in [-0.39, 0.29) is 6.61 Å². The lowest BCUT2D eigenvalue weighted by atomic mass is 10.2. The van der Waals surface area contributed by atoms with Gasteiger partial charge in [0.05, 0.1) is 6.61 Å². The number of hydrogen-bond donors (Lipinski definition) is 1. The van der Waals surface area contributed by atoms with E-state index in [0.717, 1.165) is 16.9 Å². The fourth-order valence-corrected chi connectivity index (χ4v) is 1.47. The van der Waals surface area contributed by atoms with E-state index in [2.05, 4.69) is 4.98 Å². The molecule has 0 fully saturated rings. The maximum Gasteiger partial charge on any atom is 0.0685 e. The highest BCUT2D eigenvalue weighted by Gasteiger charge is 1.98. The lowest BCUT2D eigenvalue weighted by molar-refractivity contribution is 0.281. The molecule has 1 aromatic rings. The summed E-state index contributed by atoms with van der Waals surface area (Å²) in [5.41, 5.74) is 2.11. The zero-order valence-electron chi connectivity index (χ0n) is 6.45. The number of rotatable bonds is 3. The average Bonchev–Trinajstić information content (AvgIpc) is 2.06. The first-order valence-corrected chi connectivity index (χ1v) is 4.79. The molecule has 60 valence electrons. The maximum absolute atomic E-state index is 8.91. The summed E-state index contributed by atoms with van der Waals surface area (Å²) in [6.45, 7) is 0.110. The van der Waals surface area contributed by atoms with Gasteiger partial charge in [0.25, 0.3) is 0 Å². The second kappa shape index (κ2) is 4.36. The van der Waals surface area contributed by atoms with Gasteiger partial charge in [0, 0.05) is 18.1 Å². The van der Waals surface area contributed by atoms with Gasteiger partial charge in [-0.15, -0.1) is 0 Å². The van der Waals surface area contributed by atoms with Gasteiger partial charge in [-0.2, -0.15) is 11.8 Å². The Morgan fingerprint density at radius 2 is 2.36 bits per heavy atom. The molecule has 0 amide bonds. The third-order valence-electron chi connectivity index (χ3n) is 1.47. The van der Waals surface area contributed by atoms with Crippen LogP contribution in [-0.2, 0) is 12.4 Å². The summed E-state index contributed by atoms with van der Waals surface area (Å²) in [6, 6.07) is 1.85. The molecule has 0 radical (unpaired) electrons. The Bertz CT molecular complexity index is 227. The Kier molecular flexibility index (Phi) is 3.39. The summed E-state index contributed by atoms with van der Waals surface area (Å²) in [4.78, 5) is 3.99. The monoisotopic (exact) mass is 169 g/mol. The van der Waals surface area contributed by atoms with Crippen molar-refractivity contribution in [3.63, 3.8) is 0 Å². The Balaban J connectivity index is 2.83. The molecule has 0 saturated carbocycles. The van der Waals surface area contributed by atoms with Crippen LogP contribution < -0.4 is 0 Å². The van der Waals surface area contributed by atoms with E-state index in [1.807, 2.05) is 18.5 Å². The Morgan fingerprint density at radius 3 is 3.00 bits per heavy atom. The van der Waals surface area contributed by atoms with E-state index in [0.29, 0.717) is 0 Å². The third-order valence-corrected chi connectivity index (χ3v) is 2.07. The van der Waals surface area contributed by atoms with Gasteiger partial charge in [0.2, 0.25) is 0 Å². The van der Waals surface area contributed by atoms with Crippen LogP contribution >= 0.6 is 11.8 Å². The van der Waals surface area contributed by atoms with E-state index < -0.39 is 0 Å². The first-order valence-electron chi connectivity index (χ1n) is 3.40. The van der Waals surface area contributed by atoms with E-state index in [9.17, 15) is 0 Å². The number of hydrogen-bond acceptors (Lipinski definition) is 3. The van der Waals surface area contributed by atoms with Gasteiger partial charge in [-0.3, -0.25) is 4.98 Å². The molecule has 3 heteroatoms. The summed E-state index contributed by atoms with van der Waals surface area (Å²) in [7, 11) is 0. The largest absolute Gasteiger partial charge is 0.392 e. The van der Waals surface area contributed by atoms with Crippen molar-refractivity contribution in [1.82, 2.24) is 4.98 Å². The third kappa shape index (κ3) is 2.20. The van der Waals surface area contributed by atoms with E-state index in [1.165, 1.54) is 0 Å². The van der Waals surface area contributed by atoms with Gasteiger partial charge in [-0.1, -0.05) is 0 Å². The van der Waals surface area contributed by atoms with Crippen molar-refractivity contribution in [1.29, 1.82) is 0 Å². The predicted molar refractivity (Wildman–Crippen MR) is 47.4 cm³/mol. The summed E-state index contributed by atoms with van der Waals surface area (Å²) in [5.74, 6) is 0.920. The van der Waals surface area contributed by atoms with Crippen molar-refractivity contribution in [2.24, 2.45) is 0 Å². The second-order valence-corrected chi connectivity index (χ2v) is 3.10. The van der Waals surface area contributed by atoms with E-state index in [1.54, 1.807) is 18.0 Å². The number of nitrogens with zero attached hydrogens (tertiary/aromatic N) is 1. The zero-order chi connectivity index (χ0) is 8.10. The van der Waals surface area contributed by atoms with Crippen molar-refractivity contribution in [2.45, 2.75) is 12.4 Å². The first kappa shape index (κ1) is 8.56. The Morgan fingerprint density at radius 1 is 1.55 bits per heavy atom. The van der Waals surface area contributed by atoms with Gasteiger partial charge in [-0.05, 0) is 23.4 Å². The second-order valence-electron chi connectivity index (χ2n) is 2.24. The first-order chi connectivity index (χ1) is 5.38. The predicted octanol–water partition coefficient (Wildman–Crippen LogP) is 1.44. The van der Waals surface area contributed by atoms with Crippen LogP contribution in [0.25, 0.3) is 0 Å². The van der Waals surface area contributed by atoms with Crippen LogP contribution in [0.2, 0.25) is 0 Å². The standard InChI is InChI=1S/C8H11NOS/c1-11-6-8-4-9-3-2-7(8)5-10/h2-4,10H,5-6H2,1H3. The number of aromatic nitrogens is 1. The molecule has 1 N–H and O–H groups in total. The van der Waals surface area contributed by atoms with Crippen molar-refractivity contribution in [3.05, 3.63) is 29.6 Å². The summed E-state index contributed by atoms with van der Waals surface area (Å²) in [5, 5.41) is 8.91. The van der Waals surface area contributed by atoms with Crippen LogP contribution in [0.4, 0.5) is 0 Å². The van der Waals surface area contributed by atoms with Gasteiger partial charge in [0.15, 0.2) is 0 Å². The molecular formula is C8H11NOS. The van der Waals surface area contributed by atoms with Crippen molar-refractivity contribution in [3.8, 4) is 0 Å². The van der Waals surface area contributed by atoms with Crippen molar-refractivity contribution < 1.29 is 5.11 Å². The summed E-state index contributed by atoms with van der Waals surface area (Å²) in [6.07, 6.45) is 5.55. The van der Waals surface area contributed by atoms with Crippen LogP contribution in [0.5, 0.6) is 0 Å². The quantitative estimate of drug-likeness (QED) is 0.743. The molecule has 0 aliphatic carbocycles. The number of thioether (sulfide) groups is 1. The number of aliphatic hydroxyl groups is 1. The molecule has 0 atom stereocenters. The Labute approximate surface area is 70.7 Å². The van der Waals surface area contributed by atoms with Crippen molar-refractivity contribution >= 4 is 11.8 Å². The van der Waals surface area contributed by atoms with Gasteiger partial charge in [0.1, 0.15) is 0 Å². The van der Waals surface area contributed by atoms with Crippen LogP contribution in [0.1, 0.15) is 11.1 Å². The lowest BCUT2D eigenvalue weighted by Crippen LogP contribution is -1.92. The highest BCUT2D eigenvalue weighted by Crippen LogP contribution is 2.12. The topological polar surface area (TPSA) is 33.1 Å². The summed E-state index contributed by atoms with van der Waals surface area (Å²) >= 11 is 1.73. The van der Waals surface area contributed by atoms with Crippen LogP contribution in [0.15, 0.2) is 18.5 Å². The molecule has 1 rings (SSSR count). The minimum Gasteiger partial charge on any atom is -0.392 e. The zero-order valence-corrected chi connectivity index (χ0v) is 7.27. The molecular weight excluding hydrogens is 158 g/mol. The maximum atomic E-state index is 8.91. The molecule has 0 aromatic carbocycles. The molecule has 0 aliphatic rings. The van der Waals surface area contributed by atoms with Crippen LogP contribution in [-0.4, -0.2) is 16.3 Å². The minimum absolute atomic E-state index is 0.110. The lowest BCUT2D eigenvalue weighted by Gasteiger charge is -2.02. The van der Waals surface area contributed by atoms with Gasteiger partial charge in [-0.25, -0.2) is 0 Å². The molecule has 1 heterocycles. The molecule has 2 nitrogen and oxygen atoms in total. The highest BCUT2D eigenvalue weighted by molar-refractivity contribution is 7.97. The molecule has 0 aliphatic heterocycles. The van der Waals surface area contributed by atoms with Gasteiger partial charge < -0.3 is 5.11 Å². The molecule has 0 spiro atoms. The minimum atomic E-state index is 0.110. The van der Waals surface area contributed by atoms with Crippen LogP contribution in [0.3, 0.4) is 0 Å². The van der Waals surface area contributed by atoms with Crippen molar-refractivity contribution in [2.75, 3.05) is 6.26 Å². The highest BCUT2D eigenvalue weighted by atomic mass is 32.2. The molecule has 0 saturated heterocycles. The van der Waals surface area contributed by atoms with Crippen LogP contribution in [0, 0.1) is 0 Å². The molecule has 1 aromatic heterocycles. The molecule has 11 heavy (non-hydrogen) atoms. The summed E-state index contributed by atoms with van der Waals surface area (Å²) < 4.78 is 0. The fourth-order valence-electron chi connectivity index (χ4n) is 0.896. The van der Waals surface area contributed by atoms with Gasteiger partial charge >= 0.3 is 0 Å². The normalized spacial score (nSPS) is 10.0. The molecule has 0 unspecified atom stereocenters. The SMILES string of the molecule is CSCc1cnccc1CO. The van der Waals surface area contributed by atoms with E-state index in [4.69, 9.17) is 5.11 Å². The number of pyridine rings is 1. The Hall–Kier alpha value is -0.540. The van der Waals surface area contributed by atoms with E-state index >= 15 is 0 Å².